The summed E-state index contributed by atoms with van der Waals surface area (Å²) < 4.78 is 44.8. The molecule has 222 valence electrons. The van der Waals surface area contributed by atoms with Crippen molar-refractivity contribution in [3.63, 3.8) is 0 Å². The molecule has 3 aromatic carbocycles. The molecule has 0 unspecified atom stereocenters. The number of alkyl halides is 3. The van der Waals surface area contributed by atoms with Crippen LogP contribution in [0.15, 0.2) is 78.9 Å². The number of carbonyl (C=O) groups is 3. The Balaban J connectivity index is 1.36. The fourth-order valence-electron chi connectivity index (χ4n) is 4.49. The molecule has 42 heavy (non-hydrogen) atoms. The number of aliphatic hydroxyl groups is 1. The van der Waals surface area contributed by atoms with E-state index in [1.54, 1.807) is 12.1 Å². The smallest absolute Gasteiger partial charge is 0.416 e. The summed E-state index contributed by atoms with van der Waals surface area (Å²) in [7, 11) is 0. The van der Waals surface area contributed by atoms with Crippen LogP contribution >= 0.6 is 0 Å². The maximum atomic E-state index is 13.2. The van der Waals surface area contributed by atoms with Crippen LogP contribution in [-0.4, -0.2) is 71.6 Å². The van der Waals surface area contributed by atoms with Crippen molar-refractivity contribution in [2.45, 2.75) is 25.2 Å². The normalized spacial score (nSPS) is 14.5. The molecule has 0 aromatic heterocycles. The van der Waals surface area contributed by atoms with E-state index in [1.165, 1.54) is 34.1 Å². The largest absolute Gasteiger partial charge is 0.445 e. The monoisotopic (exact) mass is 584 g/mol. The molecule has 0 bridgehead atoms. The highest BCUT2D eigenvalue weighted by Crippen LogP contribution is 2.32. The summed E-state index contributed by atoms with van der Waals surface area (Å²) in [5.41, 5.74) is 0.421. The molecule has 0 aliphatic carbocycles. The van der Waals surface area contributed by atoms with E-state index < -0.39 is 42.3 Å². The summed E-state index contributed by atoms with van der Waals surface area (Å²) in [6.07, 6.45) is -4.55. The Morgan fingerprint density at radius 2 is 1.57 bits per heavy atom. The Morgan fingerprint density at radius 3 is 2.31 bits per heavy atom. The van der Waals surface area contributed by atoms with Gasteiger partial charge in [-0.05, 0) is 42.3 Å². The summed E-state index contributed by atoms with van der Waals surface area (Å²) in [5.74, 6) is -1.22. The van der Waals surface area contributed by atoms with Crippen LogP contribution in [-0.2, 0) is 22.3 Å². The molecule has 3 aromatic rings. The third-order valence-electron chi connectivity index (χ3n) is 6.70. The summed E-state index contributed by atoms with van der Waals surface area (Å²) in [5, 5.41) is 15.3. The molecule has 0 saturated carbocycles. The van der Waals surface area contributed by atoms with Crippen LogP contribution in [0.5, 0.6) is 0 Å². The summed E-state index contributed by atoms with van der Waals surface area (Å²) >= 11 is 0. The van der Waals surface area contributed by atoms with Gasteiger partial charge in [-0.25, -0.2) is 4.79 Å². The third kappa shape index (κ3) is 8.00. The number of nitrogens with one attached hydrogen (secondary N) is 2. The van der Waals surface area contributed by atoms with Crippen molar-refractivity contribution in [2.75, 3.05) is 38.1 Å². The summed E-state index contributed by atoms with van der Waals surface area (Å²) in [6.45, 7) is 0.534. The number of halogens is 3. The molecule has 1 fully saturated rings. The van der Waals surface area contributed by atoms with Gasteiger partial charge in [0.1, 0.15) is 12.6 Å². The van der Waals surface area contributed by atoms with Crippen molar-refractivity contribution in [2.24, 2.45) is 0 Å². The van der Waals surface area contributed by atoms with E-state index in [1.807, 2.05) is 30.3 Å². The number of amides is 3. The van der Waals surface area contributed by atoms with E-state index in [0.29, 0.717) is 19.5 Å². The van der Waals surface area contributed by atoms with Crippen molar-refractivity contribution >= 4 is 29.3 Å². The highest BCUT2D eigenvalue weighted by Gasteiger charge is 2.31. The van der Waals surface area contributed by atoms with Crippen molar-refractivity contribution in [3.8, 4) is 0 Å². The third-order valence-corrected chi connectivity index (χ3v) is 6.70. The van der Waals surface area contributed by atoms with E-state index in [4.69, 9.17) is 4.74 Å². The van der Waals surface area contributed by atoms with Gasteiger partial charge >= 0.3 is 12.3 Å². The molecule has 1 atom stereocenters. The number of aliphatic hydroxyl groups excluding tert-OH is 1. The van der Waals surface area contributed by atoms with Gasteiger partial charge in [-0.2, -0.15) is 13.2 Å². The Labute approximate surface area is 240 Å². The Morgan fingerprint density at radius 1 is 0.881 bits per heavy atom. The average Bonchev–Trinajstić information content (AvgIpc) is 3.25. The number of carbonyl (C=O) groups excluding carboxylic acids is 3. The zero-order chi connectivity index (χ0) is 30.1. The van der Waals surface area contributed by atoms with E-state index in [9.17, 15) is 32.7 Å². The molecule has 12 heteroatoms. The van der Waals surface area contributed by atoms with Crippen LogP contribution < -0.4 is 10.6 Å². The number of rotatable bonds is 8. The first-order valence-electron chi connectivity index (χ1n) is 13.3. The van der Waals surface area contributed by atoms with Crippen LogP contribution in [0.1, 0.15) is 27.9 Å². The van der Waals surface area contributed by atoms with Crippen LogP contribution in [0.2, 0.25) is 0 Å². The predicted octanol–water partition coefficient (Wildman–Crippen LogP) is 4.41. The molecule has 9 nitrogen and oxygen atoms in total. The number of nitrogens with zero attached hydrogens (tertiary/aromatic N) is 2. The maximum Gasteiger partial charge on any atom is 0.416 e. The molecule has 3 amide bonds. The zero-order valence-electron chi connectivity index (χ0n) is 22.6. The van der Waals surface area contributed by atoms with Gasteiger partial charge in [0.05, 0.1) is 23.4 Å². The molecule has 1 aliphatic rings. The molecule has 0 radical (unpaired) electrons. The first kappa shape index (κ1) is 30.4. The second-order valence-corrected chi connectivity index (χ2v) is 9.66. The van der Waals surface area contributed by atoms with E-state index in [-0.39, 0.29) is 36.6 Å². The number of benzene rings is 3. The highest BCUT2D eigenvalue weighted by atomic mass is 19.4. The first-order valence-corrected chi connectivity index (χ1v) is 13.3. The number of ether oxygens (including phenoxy) is 1. The van der Waals surface area contributed by atoms with Gasteiger partial charge in [-0.3, -0.25) is 9.59 Å². The lowest BCUT2D eigenvalue weighted by molar-refractivity contribution is -0.137. The van der Waals surface area contributed by atoms with Gasteiger partial charge in [-0.1, -0.05) is 48.5 Å². The maximum absolute atomic E-state index is 13.2. The highest BCUT2D eigenvalue weighted by molar-refractivity contribution is 6.02. The molecule has 1 heterocycles. The lowest BCUT2D eigenvalue weighted by atomic mass is 10.1. The molecule has 0 spiro atoms. The Bertz CT molecular complexity index is 1390. The van der Waals surface area contributed by atoms with Gasteiger partial charge in [0.25, 0.3) is 5.91 Å². The van der Waals surface area contributed by atoms with Crippen molar-refractivity contribution in [1.82, 2.24) is 15.1 Å². The molecule has 3 N–H and O–H groups in total. The number of hydrogen-bond donors (Lipinski definition) is 3. The van der Waals surface area contributed by atoms with Crippen LogP contribution in [0.25, 0.3) is 0 Å². The molecular formula is C30H31F3N4O5. The predicted molar refractivity (Wildman–Crippen MR) is 149 cm³/mol. The summed E-state index contributed by atoms with van der Waals surface area (Å²) in [4.78, 5) is 41.9. The Hall–Kier alpha value is -4.58. The van der Waals surface area contributed by atoms with Gasteiger partial charge < -0.3 is 30.3 Å². The number of anilines is 2. The van der Waals surface area contributed by atoms with Crippen LogP contribution in [0.3, 0.4) is 0 Å². The fourth-order valence-corrected chi connectivity index (χ4v) is 4.49. The van der Waals surface area contributed by atoms with E-state index in [2.05, 4.69) is 10.6 Å². The van der Waals surface area contributed by atoms with Crippen molar-refractivity contribution in [1.29, 1.82) is 0 Å². The molecular weight excluding hydrogens is 553 g/mol. The molecule has 4 rings (SSSR count). The van der Waals surface area contributed by atoms with Crippen molar-refractivity contribution in [3.05, 3.63) is 95.6 Å². The van der Waals surface area contributed by atoms with Crippen LogP contribution in [0.4, 0.5) is 29.3 Å². The molecule has 1 saturated heterocycles. The quantitative estimate of drug-likeness (QED) is 0.362. The van der Waals surface area contributed by atoms with Gasteiger partial charge in [0, 0.05) is 31.9 Å². The topological polar surface area (TPSA) is 111 Å². The van der Waals surface area contributed by atoms with Gasteiger partial charge in [0.15, 0.2) is 0 Å². The fraction of sp³-hybridized carbons (Fsp3) is 0.300. The second-order valence-electron chi connectivity index (χ2n) is 9.66. The standard InChI is InChI=1S/C30H31F3N4O5/c31-30(32,33)22-10-6-11-23(18-22)34-25-13-5-4-12-24(25)27(39)35-26(19-38)28(40)36-14-7-15-37(17-16-36)29(41)42-20-21-8-2-1-3-9-21/h1-6,8-13,18,26,34,38H,7,14-17,19-20H2,(H,35,39)/t26-/m0/s1. The second kappa shape index (κ2) is 13.9. The lowest BCUT2D eigenvalue weighted by Crippen LogP contribution is -2.51. The average molecular weight is 585 g/mol. The van der Waals surface area contributed by atoms with Crippen LogP contribution in [0, 0.1) is 0 Å². The van der Waals surface area contributed by atoms with Gasteiger partial charge in [-0.15, -0.1) is 0 Å². The zero-order valence-corrected chi connectivity index (χ0v) is 22.6. The van der Waals surface area contributed by atoms with Crippen molar-refractivity contribution < 1.29 is 37.4 Å². The molecule has 1 aliphatic heterocycles. The number of para-hydroxylation sites is 1. The lowest BCUT2D eigenvalue weighted by Gasteiger charge is -2.26. The number of hydrogen-bond acceptors (Lipinski definition) is 6. The minimum Gasteiger partial charge on any atom is -0.445 e. The SMILES string of the molecule is O=C(N[C@@H](CO)C(=O)N1CCCN(C(=O)OCc2ccccc2)CC1)c1ccccc1Nc1cccc(C(F)(F)F)c1. The van der Waals surface area contributed by atoms with Gasteiger partial charge in [0.2, 0.25) is 5.91 Å². The van der Waals surface area contributed by atoms with E-state index >= 15 is 0 Å². The van der Waals surface area contributed by atoms with E-state index in [0.717, 1.165) is 17.7 Å². The first-order chi connectivity index (χ1) is 20.2. The minimum atomic E-state index is -4.53. The Kier molecular flexibility index (Phi) is 10.0. The summed E-state index contributed by atoms with van der Waals surface area (Å²) in [6, 6.07) is 18.7. The minimum absolute atomic E-state index is 0.0735.